The molecule has 1 aromatic carbocycles. The quantitative estimate of drug-likeness (QED) is 0.914. The van der Waals surface area contributed by atoms with Crippen LogP contribution < -0.4 is 5.32 Å². The molecule has 1 N–H and O–H groups in total. The fraction of sp³-hybridized carbons (Fsp3) is 0.357. The van der Waals surface area contributed by atoms with Gasteiger partial charge in [0.2, 0.25) is 0 Å². The molecule has 1 aromatic heterocycles. The van der Waals surface area contributed by atoms with Gasteiger partial charge in [0.1, 0.15) is 0 Å². The van der Waals surface area contributed by atoms with E-state index in [4.69, 9.17) is 23.2 Å². The Bertz CT molecular complexity index is 607. The van der Waals surface area contributed by atoms with Gasteiger partial charge in [0, 0.05) is 17.3 Å². The first-order valence-corrected chi connectivity index (χ1v) is 7.16. The predicted octanol–water partition coefficient (Wildman–Crippen LogP) is 3.78. The van der Waals surface area contributed by atoms with Crippen molar-refractivity contribution in [1.82, 2.24) is 15.1 Å². The molecule has 0 spiro atoms. The van der Waals surface area contributed by atoms with Gasteiger partial charge in [-0.1, -0.05) is 23.2 Å². The van der Waals surface area contributed by atoms with Crippen LogP contribution in [0.1, 0.15) is 30.1 Å². The third-order valence-electron chi connectivity index (χ3n) is 3.68. The second-order valence-electron chi connectivity index (χ2n) is 4.79. The van der Waals surface area contributed by atoms with E-state index in [9.17, 15) is 0 Å². The van der Waals surface area contributed by atoms with Crippen molar-refractivity contribution in [3.8, 4) is 5.69 Å². The summed E-state index contributed by atoms with van der Waals surface area (Å²) in [5.41, 5.74) is 3.52. The second kappa shape index (κ2) is 5.16. The number of aromatic nitrogens is 2. The van der Waals surface area contributed by atoms with Gasteiger partial charge >= 0.3 is 0 Å². The Kier molecular flexibility index (Phi) is 3.52. The molecule has 0 amide bonds. The predicted molar refractivity (Wildman–Crippen MR) is 78.3 cm³/mol. The molecule has 0 radical (unpaired) electrons. The highest BCUT2D eigenvalue weighted by Gasteiger charge is 2.23. The molecule has 2 aromatic rings. The summed E-state index contributed by atoms with van der Waals surface area (Å²) >= 11 is 12.0. The Balaban J connectivity index is 2.06. The highest BCUT2D eigenvalue weighted by molar-refractivity contribution is 6.42. The third kappa shape index (κ3) is 2.27. The molecular formula is C14H15Cl2N3. The van der Waals surface area contributed by atoms with Gasteiger partial charge in [0.05, 0.1) is 21.9 Å². The van der Waals surface area contributed by atoms with E-state index < -0.39 is 0 Å². The summed E-state index contributed by atoms with van der Waals surface area (Å²) in [5, 5.41) is 8.99. The summed E-state index contributed by atoms with van der Waals surface area (Å²) in [6.45, 7) is 0. The van der Waals surface area contributed by atoms with Crippen LogP contribution in [0.3, 0.4) is 0 Å². The lowest BCUT2D eigenvalue weighted by molar-refractivity contribution is 0.490. The largest absolute Gasteiger partial charge is 0.313 e. The van der Waals surface area contributed by atoms with Crippen LogP contribution in [0.25, 0.3) is 5.69 Å². The van der Waals surface area contributed by atoms with Crippen molar-refractivity contribution in [1.29, 1.82) is 0 Å². The molecule has 1 aliphatic carbocycles. The van der Waals surface area contributed by atoms with E-state index >= 15 is 0 Å². The number of benzene rings is 1. The molecule has 0 aliphatic heterocycles. The van der Waals surface area contributed by atoms with Crippen LogP contribution in [-0.2, 0) is 6.42 Å². The van der Waals surface area contributed by atoms with E-state index in [1.54, 1.807) is 0 Å². The maximum atomic E-state index is 6.08. The molecule has 3 rings (SSSR count). The van der Waals surface area contributed by atoms with E-state index in [1.807, 2.05) is 36.1 Å². The lowest BCUT2D eigenvalue weighted by Crippen LogP contribution is -2.21. The summed E-state index contributed by atoms with van der Waals surface area (Å²) < 4.78 is 1.97. The van der Waals surface area contributed by atoms with Crippen molar-refractivity contribution in [2.45, 2.75) is 25.3 Å². The van der Waals surface area contributed by atoms with Gasteiger partial charge < -0.3 is 5.32 Å². The number of hydrogen-bond acceptors (Lipinski definition) is 2. The summed E-state index contributed by atoms with van der Waals surface area (Å²) in [7, 11) is 2.00. The normalized spacial score (nSPS) is 18.4. The zero-order valence-corrected chi connectivity index (χ0v) is 12.2. The molecule has 1 atom stereocenters. The van der Waals surface area contributed by atoms with Crippen LogP contribution in [0.15, 0.2) is 24.4 Å². The lowest BCUT2D eigenvalue weighted by atomic mass is 9.93. The highest BCUT2D eigenvalue weighted by atomic mass is 35.5. The van der Waals surface area contributed by atoms with Crippen LogP contribution in [-0.4, -0.2) is 16.8 Å². The number of rotatable bonds is 2. The number of nitrogens with one attached hydrogen (secondary N) is 1. The average molecular weight is 296 g/mol. The molecule has 19 heavy (non-hydrogen) atoms. The van der Waals surface area contributed by atoms with Crippen molar-refractivity contribution in [3.05, 3.63) is 45.7 Å². The number of hydrogen-bond donors (Lipinski definition) is 1. The van der Waals surface area contributed by atoms with Crippen LogP contribution in [0.5, 0.6) is 0 Å². The van der Waals surface area contributed by atoms with Gasteiger partial charge in [-0.15, -0.1) is 0 Å². The maximum absolute atomic E-state index is 6.08. The van der Waals surface area contributed by atoms with E-state index in [1.165, 1.54) is 17.7 Å². The van der Waals surface area contributed by atoms with Gasteiger partial charge in [-0.05, 0) is 44.5 Å². The molecule has 3 nitrogen and oxygen atoms in total. The molecule has 5 heteroatoms. The minimum atomic E-state index is 0.403. The van der Waals surface area contributed by atoms with Gasteiger partial charge in [0.25, 0.3) is 0 Å². The van der Waals surface area contributed by atoms with Crippen LogP contribution in [0, 0.1) is 0 Å². The molecule has 1 unspecified atom stereocenters. The SMILES string of the molecule is CNC1CCCc2c1cnn2-c1ccc(Cl)c(Cl)c1. The fourth-order valence-electron chi connectivity index (χ4n) is 2.70. The summed E-state index contributed by atoms with van der Waals surface area (Å²) in [6.07, 6.45) is 5.34. The van der Waals surface area contributed by atoms with Gasteiger partial charge in [-0.3, -0.25) is 0 Å². The Morgan fingerprint density at radius 3 is 2.89 bits per heavy atom. The zero-order valence-electron chi connectivity index (χ0n) is 10.7. The first-order valence-electron chi connectivity index (χ1n) is 6.40. The molecule has 100 valence electrons. The number of halogens is 2. The van der Waals surface area contributed by atoms with E-state index in [0.717, 1.165) is 18.5 Å². The Morgan fingerprint density at radius 1 is 1.32 bits per heavy atom. The maximum Gasteiger partial charge on any atom is 0.0664 e. The average Bonchev–Trinajstić information content (AvgIpc) is 2.85. The van der Waals surface area contributed by atoms with E-state index in [2.05, 4.69) is 10.4 Å². The van der Waals surface area contributed by atoms with Crippen molar-refractivity contribution in [2.75, 3.05) is 7.05 Å². The van der Waals surface area contributed by atoms with Crippen molar-refractivity contribution in [3.63, 3.8) is 0 Å². The molecule has 1 aliphatic rings. The highest BCUT2D eigenvalue weighted by Crippen LogP contribution is 2.32. The minimum Gasteiger partial charge on any atom is -0.313 e. The van der Waals surface area contributed by atoms with Crippen LogP contribution >= 0.6 is 23.2 Å². The fourth-order valence-corrected chi connectivity index (χ4v) is 2.99. The Labute approximate surface area is 122 Å². The van der Waals surface area contributed by atoms with E-state index in [0.29, 0.717) is 16.1 Å². The third-order valence-corrected chi connectivity index (χ3v) is 4.42. The Hall–Kier alpha value is -1.03. The van der Waals surface area contributed by atoms with Crippen LogP contribution in [0.2, 0.25) is 10.0 Å². The molecular weight excluding hydrogens is 281 g/mol. The summed E-state index contributed by atoms with van der Waals surface area (Å²) in [5.74, 6) is 0. The van der Waals surface area contributed by atoms with Gasteiger partial charge in [-0.2, -0.15) is 5.10 Å². The Morgan fingerprint density at radius 2 is 2.16 bits per heavy atom. The van der Waals surface area contributed by atoms with Gasteiger partial charge in [-0.25, -0.2) is 4.68 Å². The first kappa shape index (κ1) is 13.0. The second-order valence-corrected chi connectivity index (χ2v) is 5.60. The molecule has 0 saturated carbocycles. The minimum absolute atomic E-state index is 0.403. The monoisotopic (exact) mass is 295 g/mol. The molecule has 0 fully saturated rings. The van der Waals surface area contributed by atoms with Crippen LogP contribution in [0.4, 0.5) is 0 Å². The number of fused-ring (bicyclic) bond motifs is 1. The van der Waals surface area contributed by atoms with Crippen molar-refractivity contribution < 1.29 is 0 Å². The summed E-state index contributed by atoms with van der Waals surface area (Å²) in [6, 6.07) is 6.02. The topological polar surface area (TPSA) is 29.9 Å². The van der Waals surface area contributed by atoms with Crippen molar-refractivity contribution >= 4 is 23.2 Å². The van der Waals surface area contributed by atoms with Crippen molar-refractivity contribution in [2.24, 2.45) is 0 Å². The van der Waals surface area contributed by atoms with Gasteiger partial charge in [0.15, 0.2) is 0 Å². The smallest absolute Gasteiger partial charge is 0.0664 e. The standard InChI is InChI=1S/C14H15Cl2N3/c1-17-13-3-2-4-14-10(13)8-18-19(14)9-5-6-11(15)12(16)7-9/h5-8,13,17H,2-4H2,1H3. The lowest BCUT2D eigenvalue weighted by Gasteiger charge is -2.22. The summed E-state index contributed by atoms with van der Waals surface area (Å²) in [4.78, 5) is 0. The van der Waals surface area contributed by atoms with E-state index in [-0.39, 0.29) is 0 Å². The molecule has 0 saturated heterocycles. The number of nitrogens with zero attached hydrogens (tertiary/aromatic N) is 2. The molecule has 0 bridgehead atoms. The first-order chi connectivity index (χ1) is 9.20. The zero-order chi connectivity index (χ0) is 13.4. The molecule has 1 heterocycles.